The van der Waals surface area contributed by atoms with Gasteiger partial charge in [-0.05, 0) is 41.8 Å². The zero-order chi connectivity index (χ0) is 18.4. The van der Waals surface area contributed by atoms with Crippen LogP contribution in [0.3, 0.4) is 0 Å². The Bertz CT molecular complexity index is 743. The van der Waals surface area contributed by atoms with Crippen LogP contribution in [-0.4, -0.2) is 24.1 Å². The third-order valence-corrected chi connectivity index (χ3v) is 4.36. The number of ether oxygens (including phenoxy) is 1. The summed E-state index contributed by atoms with van der Waals surface area (Å²) >= 11 is 5.88. The van der Waals surface area contributed by atoms with Crippen molar-refractivity contribution in [3.8, 4) is 5.75 Å². The number of hydrogen-bond acceptors (Lipinski definition) is 3. The van der Waals surface area contributed by atoms with Crippen LogP contribution in [0.1, 0.15) is 24.5 Å². The molecule has 2 rings (SSSR count). The van der Waals surface area contributed by atoms with E-state index in [1.165, 1.54) is 0 Å². The van der Waals surface area contributed by atoms with Crippen LogP contribution < -0.4 is 10.1 Å². The lowest BCUT2D eigenvalue weighted by molar-refractivity contribution is -0.148. The molecule has 2 aromatic carbocycles. The second-order valence-electron chi connectivity index (χ2n) is 5.64. The number of carboxylic acid groups (broad SMARTS) is 1. The first-order valence-corrected chi connectivity index (χ1v) is 8.22. The zero-order valence-electron chi connectivity index (χ0n) is 14.1. The highest BCUT2D eigenvalue weighted by Crippen LogP contribution is 2.27. The molecule has 1 amide bonds. The third kappa shape index (κ3) is 4.31. The molecule has 132 valence electrons. The van der Waals surface area contributed by atoms with Crippen molar-refractivity contribution in [1.82, 2.24) is 5.32 Å². The molecule has 6 heteroatoms. The zero-order valence-corrected chi connectivity index (χ0v) is 14.8. The Hall–Kier alpha value is -2.53. The van der Waals surface area contributed by atoms with E-state index in [0.717, 1.165) is 5.56 Å². The topological polar surface area (TPSA) is 75.6 Å². The maximum Gasteiger partial charge on any atom is 0.334 e. The van der Waals surface area contributed by atoms with Gasteiger partial charge in [0.05, 0.1) is 13.5 Å². The molecule has 0 bridgehead atoms. The molecule has 0 aliphatic carbocycles. The second kappa shape index (κ2) is 8.03. The largest absolute Gasteiger partial charge is 0.497 e. The highest BCUT2D eigenvalue weighted by Gasteiger charge is 2.40. The van der Waals surface area contributed by atoms with Crippen molar-refractivity contribution < 1.29 is 19.4 Å². The average molecular weight is 362 g/mol. The van der Waals surface area contributed by atoms with E-state index >= 15 is 0 Å². The van der Waals surface area contributed by atoms with Crippen LogP contribution in [0.5, 0.6) is 5.75 Å². The Balaban J connectivity index is 2.22. The molecule has 0 aliphatic rings. The Morgan fingerprint density at radius 2 is 1.72 bits per heavy atom. The number of amides is 1. The van der Waals surface area contributed by atoms with E-state index in [9.17, 15) is 14.7 Å². The van der Waals surface area contributed by atoms with Gasteiger partial charge in [0.1, 0.15) is 5.75 Å². The molecule has 0 saturated carbocycles. The molecule has 0 fully saturated rings. The van der Waals surface area contributed by atoms with Gasteiger partial charge in [-0.15, -0.1) is 0 Å². The van der Waals surface area contributed by atoms with Crippen LogP contribution >= 0.6 is 11.6 Å². The Kier molecular flexibility index (Phi) is 6.04. The number of aliphatic carboxylic acids is 1. The molecule has 0 saturated heterocycles. The van der Waals surface area contributed by atoms with Gasteiger partial charge in [0.15, 0.2) is 5.54 Å². The monoisotopic (exact) mass is 361 g/mol. The number of benzene rings is 2. The molecular formula is C19H20ClNO4. The van der Waals surface area contributed by atoms with E-state index < -0.39 is 11.5 Å². The summed E-state index contributed by atoms with van der Waals surface area (Å²) in [6, 6.07) is 13.5. The molecule has 0 radical (unpaired) electrons. The maximum absolute atomic E-state index is 12.5. The molecule has 1 unspecified atom stereocenters. The number of carbonyl (C=O) groups is 2. The molecule has 1 atom stereocenters. The Labute approximate surface area is 151 Å². The van der Waals surface area contributed by atoms with Gasteiger partial charge in [-0.25, -0.2) is 4.79 Å². The van der Waals surface area contributed by atoms with Crippen LogP contribution in [0.25, 0.3) is 0 Å². The second-order valence-corrected chi connectivity index (χ2v) is 6.08. The van der Waals surface area contributed by atoms with Gasteiger partial charge in [0.25, 0.3) is 0 Å². The van der Waals surface area contributed by atoms with Gasteiger partial charge >= 0.3 is 5.97 Å². The van der Waals surface area contributed by atoms with E-state index in [4.69, 9.17) is 16.3 Å². The predicted octanol–water partition coefficient (Wildman–Crippen LogP) is 3.40. The quantitative estimate of drug-likeness (QED) is 0.792. The number of hydrogen-bond donors (Lipinski definition) is 2. The lowest BCUT2D eigenvalue weighted by Crippen LogP contribution is -2.52. The summed E-state index contributed by atoms with van der Waals surface area (Å²) in [5, 5.41) is 12.9. The van der Waals surface area contributed by atoms with E-state index in [1.54, 1.807) is 62.6 Å². The number of rotatable bonds is 7. The average Bonchev–Trinajstić information content (AvgIpc) is 2.61. The summed E-state index contributed by atoms with van der Waals surface area (Å²) in [6.07, 6.45) is 0.283. The van der Waals surface area contributed by atoms with Crippen molar-refractivity contribution >= 4 is 23.5 Å². The highest BCUT2D eigenvalue weighted by molar-refractivity contribution is 6.30. The van der Waals surface area contributed by atoms with Gasteiger partial charge in [-0.3, -0.25) is 4.79 Å². The number of methoxy groups -OCH3 is 1. The van der Waals surface area contributed by atoms with Crippen molar-refractivity contribution in [2.45, 2.75) is 25.3 Å². The Morgan fingerprint density at radius 1 is 1.12 bits per heavy atom. The SMILES string of the molecule is CCC(NC(=O)Cc1ccc(OC)cc1)(C(=O)O)c1ccc(Cl)cc1. The molecular weight excluding hydrogens is 342 g/mol. The van der Waals surface area contributed by atoms with E-state index in [-0.39, 0.29) is 18.7 Å². The predicted molar refractivity (Wildman–Crippen MR) is 95.9 cm³/mol. The summed E-state index contributed by atoms with van der Waals surface area (Å²) in [7, 11) is 1.57. The van der Waals surface area contributed by atoms with Crippen molar-refractivity contribution in [2.24, 2.45) is 0 Å². The van der Waals surface area contributed by atoms with Crippen LogP contribution in [0.2, 0.25) is 5.02 Å². The van der Waals surface area contributed by atoms with E-state index in [0.29, 0.717) is 16.3 Å². The summed E-state index contributed by atoms with van der Waals surface area (Å²) in [5.41, 5.74) is -0.242. The number of nitrogens with one attached hydrogen (secondary N) is 1. The van der Waals surface area contributed by atoms with Gasteiger partial charge in [0.2, 0.25) is 5.91 Å². The number of halogens is 1. The molecule has 2 aromatic rings. The van der Waals surface area contributed by atoms with Crippen molar-refractivity contribution in [2.75, 3.05) is 7.11 Å². The first kappa shape index (κ1) is 18.8. The molecule has 2 N–H and O–H groups in total. The van der Waals surface area contributed by atoms with Gasteiger partial charge in [-0.1, -0.05) is 42.8 Å². The minimum absolute atomic E-state index is 0.0760. The van der Waals surface area contributed by atoms with Gasteiger partial charge in [-0.2, -0.15) is 0 Å². The van der Waals surface area contributed by atoms with E-state index in [2.05, 4.69) is 5.32 Å². The first-order valence-electron chi connectivity index (χ1n) is 7.84. The number of carboxylic acids is 1. The van der Waals surface area contributed by atoms with Crippen LogP contribution in [0, 0.1) is 0 Å². The van der Waals surface area contributed by atoms with Crippen LogP contribution in [0.4, 0.5) is 0 Å². The summed E-state index contributed by atoms with van der Waals surface area (Å²) in [6.45, 7) is 1.72. The van der Waals surface area contributed by atoms with Crippen molar-refractivity contribution in [1.29, 1.82) is 0 Å². The first-order chi connectivity index (χ1) is 11.9. The molecule has 0 aromatic heterocycles. The molecule has 0 spiro atoms. The normalized spacial score (nSPS) is 12.9. The Morgan fingerprint density at radius 3 is 2.20 bits per heavy atom. The van der Waals surface area contributed by atoms with Crippen LogP contribution in [-0.2, 0) is 21.5 Å². The molecule has 0 heterocycles. The maximum atomic E-state index is 12.5. The highest BCUT2D eigenvalue weighted by atomic mass is 35.5. The summed E-state index contributed by atoms with van der Waals surface area (Å²) in [4.78, 5) is 24.4. The summed E-state index contributed by atoms with van der Waals surface area (Å²) < 4.78 is 5.08. The lowest BCUT2D eigenvalue weighted by Gasteiger charge is -2.30. The smallest absolute Gasteiger partial charge is 0.334 e. The van der Waals surface area contributed by atoms with Crippen molar-refractivity contribution in [3.05, 3.63) is 64.7 Å². The fourth-order valence-electron chi connectivity index (χ4n) is 2.64. The molecule has 5 nitrogen and oxygen atoms in total. The fourth-order valence-corrected chi connectivity index (χ4v) is 2.76. The van der Waals surface area contributed by atoms with E-state index in [1.807, 2.05) is 0 Å². The van der Waals surface area contributed by atoms with Crippen LogP contribution in [0.15, 0.2) is 48.5 Å². The molecule has 25 heavy (non-hydrogen) atoms. The van der Waals surface area contributed by atoms with Gasteiger partial charge < -0.3 is 15.2 Å². The van der Waals surface area contributed by atoms with Crippen molar-refractivity contribution in [3.63, 3.8) is 0 Å². The molecule has 0 aliphatic heterocycles. The lowest BCUT2D eigenvalue weighted by atomic mass is 9.87. The third-order valence-electron chi connectivity index (χ3n) is 4.11. The minimum Gasteiger partial charge on any atom is -0.497 e. The fraction of sp³-hybridized carbons (Fsp3) is 0.263. The van der Waals surface area contributed by atoms with Gasteiger partial charge in [0, 0.05) is 5.02 Å². The standard InChI is InChI=1S/C19H20ClNO4/c1-3-19(18(23)24,14-6-8-15(20)9-7-14)21-17(22)12-13-4-10-16(25-2)11-5-13/h4-11H,3,12H2,1-2H3,(H,21,22)(H,23,24). The number of carbonyl (C=O) groups excluding carboxylic acids is 1. The minimum atomic E-state index is -1.49. The summed E-state index contributed by atoms with van der Waals surface area (Å²) in [5.74, 6) is -0.788.